The molecular formula is C19H23N3O2. The Labute approximate surface area is 142 Å². The van der Waals surface area contributed by atoms with Gasteiger partial charge in [-0.25, -0.2) is 0 Å². The van der Waals surface area contributed by atoms with Gasteiger partial charge in [0, 0.05) is 6.04 Å². The number of nitrogens with zero attached hydrogens (tertiary/aromatic N) is 2. The molecule has 0 unspecified atom stereocenters. The number of nitrogens with one attached hydrogen (secondary N) is 1. The van der Waals surface area contributed by atoms with E-state index >= 15 is 0 Å². The molecule has 1 fully saturated rings. The molecule has 0 radical (unpaired) electrons. The first-order chi connectivity index (χ1) is 11.8. The van der Waals surface area contributed by atoms with Crippen molar-refractivity contribution in [1.29, 1.82) is 0 Å². The summed E-state index contributed by atoms with van der Waals surface area (Å²) in [6.45, 7) is 1.14. The van der Waals surface area contributed by atoms with Gasteiger partial charge < -0.3 is 10.1 Å². The summed E-state index contributed by atoms with van der Waals surface area (Å²) in [5.41, 5.74) is 2.62. The van der Waals surface area contributed by atoms with Crippen LogP contribution < -0.4 is 5.32 Å². The van der Waals surface area contributed by atoms with Gasteiger partial charge in [0.25, 0.3) is 5.91 Å². The van der Waals surface area contributed by atoms with Crippen molar-refractivity contribution in [2.24, 2.45) is 0 Å². The number of amides is 1. The van der Waals surface area contributed by atoms with E-state index in [1.54, 1.807) is 0 Å². The second-order valence-electron chi connectivity index (χ2n) is 6.72. The molecule has 0 saturated heterocycles. The molecule has 126 valence electrons. The molecule has 2 aromatic rings. The number of carbonyl (C=O) groups excluding carboxylic acids is 1. The monoisotopic (exact) mass is 325 g/mol. The number of fused-ring (bicyclic) bond motifs is 1. The van der Waals surface area contributed by atoms with Gasteiger partial charge in [0.05, 0.1) is 18.8 Å². The fraction of sp³-hybridized carbons (Fsp3) is 0.474. The van der Waals surface area contributed by atoms with Crippen LogP contribution in [0.3, 0.4) is 0 Å². The van der Waals surface area contributed by atoms with Crippen molar-refractivity contribution < 1.29 is 9.53 Å². The summed E-state index contributed by atoms with van der Waals surface area (Å²) in [5, 5.41) is 7.65. The maximum absolute atomic E-state index is 12.5. The van der Waals surface area contributed by atoms with Crippen LogP contribution in [0.1, 0.15) is 60.0 Å². The van der Waals surface area contributed by atoms with Gasteiger partial charge in [-0.1, -0.05) is 49.6 Å². The van der Waals surface area contributed by atoms with Crippen LogP contribution in [0.25, 0.3) is 0 Å². The standard InChI is InChI=1S/C19H23N3O2/c23-19(20-15-9-5-2-6-10-15)17-11-16-13-24-18(12-22(16)21-17)14-7-3-1-4-8-14/h1,3-4,7-8,11,15,18H,2,5-6,9-10,12-13H2,(H,20,23)/t18-/m0/s1. The Balaban J connectivity index is 1.45. The number of aromatic nitrogens is 2. The minimum absolute atomic E-state index is 0.00662. The normalized spacial score (nSPS) is 21.2. The van der Waals surface area contributed by atoms with Gasteiger partial charge in [0.2, 0.25) is 0 Å². The van der Waals surface area contributed by atoms with E-state index in [1.807, 2.05) is 28.9 Å². The van der Waals surface area contributed by atoms with Gasteiger partial charge in [0.1, 0.15) is 6.10 Å². The minimum Gasteiger partial charge on any atom is -0.365 e. The summed E-state index contributed by atoms with van der Waals surface area (Å²) in [4.78, 5) is 12.5. The number of ether oxygens (including phenoxy) is 1. The van der Waals surface area contributed by atoms with E-state index in [-0.39, 0.29) is 12.0 Å². The second kappa shape index (κ2) is 6.77. The molecule has 1 aromatic heterocycles. The fourth-order valence-corrected chi connectivity index (χ4v) is 3.61. The highest BCUT2D eigenvalue weighted by atomic mass is 16.5. The van der Waals surface area contributed by atoms with Crippen molar-refractivity contribution in [3.05, 3.63) is 53.3 Å². The van der Waals surface area contributed by atoms with E-state index in [4.69, 9.17) is 4.74 Å². The predicted molar refractivity (Wildman–Crippen MR) is 90.5 cm³/mol. The van der Waals surface area contributed by atoms with Crippen LogP contribution >= 0.6 is 0 Å². The fourth-order valence-electron chi connectivity index (χ4n) is 3.61. The van der Waals surface area contributed by atoms with E-state index in [1.165, 1.54) is 19.3 Å². The van der Waals surface area contributed by atoms with Crippen molar-refractivity contribution in [3.63, 3.8) is 0 Å². The maximum Gasteiger partial charge on any atom is 0.272 e. The number of rotatable bonds is 3. The largest absolute Gasteiger partial charge is 0.365 e. The molecule has 1 aromatic carbocycles. The molecule has 2 aliphatic rings. The number of benzene rings is 1. The zero-order chi connectivity index (χ0) is 16.4. The van der Waals surface area contributed by atoms with Gasteiger partial charge in [0.15, 0.2) is 5.69 Å². The van der Waals surface area contributed by atoms with Crippen LogP contribution in [0.5, 0.6) is 0 Å². The molecule has 24 heavy (non-hydrogen) atoms. The van der Waals surface area contributed by atoms with Crippen LogP contribution in [-0.2, 0) is 17.9 Å². The Bertz CT molecular complexity index is 705. The number of hydrogen-bond donors (Lipinski definition) is 1. The molecule has 0 bridgehead atoms. The van der Waals surface area contributed by atoms with Crippen LogP contribution in [0, 0.1) is 0 Å². The summed E-state index contributed by atoms with van der Waals surface area (Å²) in [6, 6.07) is 12.3. The van der Waals surface area contributed by atoms with Crippen molar-refractivity contribution >= 4 is 5.91 Å². The Morgan fingerprint density at radius 1 is 1.17 bits per heavy atom. The lowest BCUT2D eigenvalue weighted by Crippen LogP contribution is -2.36. The second-order valence-corrected chi connectivity index (χ2v) is 6.72. The van der Waals surface area contributed by atoms with E-state index in [9.17, 15) is 4.79 Å². The maximum atomic E-state index is 12.5. The van der Waals surface area contributed by atoms with Gasteiger partial charge >= 0.3 is 0 Å². The Kier molecular flexibility index (Phi) is 4.34. The summed E-state index contributed by atoms with van der Waals surface area (Å²) < 4.78 is 7.85. The molecular weight excluding hydrogens is 302 g/mol. The van der Waals surface area contributed by atoms with Gasteiger partial charge in [-0.15, -0.1) is 0 Å². The molecule has 5 nitrogen and oxygen atoms in total. The summed E-state index contributed by atoms with van der Waals surface area (Å²) in [6.07, 6.45) is 5.85. The number of carbonyl (C=O) groups is 1. The third-order valence-corrected chi connectivity index (χ3v) is 4.98. The average molecular weight is 325 g/mol. The molecule has 1 atom stereocenters. The predicted octanol–water partition coefficient (Wildman–Crippen LogP) is 3.22. The van der Waals surface area contributed by atoms with E-state index in [0.29, 0.717) is 24.9 Å². The van der Waals surface area contributed by atoms with Gasteiger partial charge in [-0.2, -0.15) is 5.10 Å². The minimum atomic E-state index is -0.0555. The van der Waals surface area contributed by atoms with Crippen molar-refractivity contribution in [1.82, 2.24) is 15.1 Å². The van der Waals surface area contributed by atoms with E-state index < -0.39 is 0 Å². The van der Waals surface area contributed by atoms with Gasteiger partial charge in [-0.3, -0.25) is 9.48 Å². The highest BCUT2D eigenvalue weighted by Gasteiger charge is 2.25. The lowest BCUT2D eigenvalue weighted by atomic mass is 9.95. The molecule has 0 spiro atoms. The zero-order valence-electron chi connectivity index (χ0n) is 13.8. The lowest BCUT2D eigenvalue weighted by Gasteiger charge is -2.24. The average Bonchev–Trinajstić information content (AvgIpc) is 3.07. The van der Waals surface area contributed by atoms with Crippen LogP contribution in [0.2, 0.25) is 0 Å². The Hall–Kier alpha value is -2.14. The summed E-state index contributed by atoms with van der Waals surface area (Å²) >= 11 is 0. The molecule has 4 rings (SSSR count). The molecule has 1 aliphatic heterocycles. The molecule has 1 amide bonds. The van der Waals surface area contributed by atoms with Crippen molar-refractivity contribution in [2.45, 2.75) is 57.4 Å². The van der Waals surface area contributed by atoms with E-state index in [2.05, 4.69) is 22.5 Å². The highest BCUT2D eigenvalue weighted by molar-refractivity contribution is 5.92. The SMILES string of the molecule is O=C(NC1CCCCC1)c1cc2n(n1)C[C@@H](c1ccccc1)OC2. The quantitative estimate of drug-likeness (QED) is 0.943. The molecule has 1 saturated carbocycles. The van der Waals surface area contributed by atoms with Crippen molar-refractivity contribution in [2.75, 3.05) is 0 Å². The highest BCUT2D eigenvalue weighted by Crippen LogP contribution is 2.26. The first-order valence-corrected chi connectivity index (χ1v) is 8.84. The van der Waals surface area contributed by atoms with Crippen LogP contribution in [-0.4, -0.2) is 21.7 Å². The number of hydrogen-bond acceptors (Lipinski definition) is 3. The summed E-state index contributed by atoms with van der Waals surface area (Å²) in [5.74, 6) is -0.0555. The van der Waals surface area contributed by atoms with Crippen molar-refractivity contribution in [3.8, 4) is 0 Å². The topological polar surface area (TPSA) is 56.2 Å². The van der Waals surface area contributed by atoms with Crippen LogP contribution in [0.4, 0.5) is 0 Å². The Morgan fingerprint density at radius 3 is 2.75 bits per heavy atom. The smallest absolute Gasteiger partial charge is 0.272 e. The lowest BCUT2D eigenvalue weighted by molar-refractivity contribution is -0.00119. The van der Waals surface area contributed by atoms with E-state index in [0.717, 1.165) is 24.1 Å². The summed E-state index contributed by atoms with van der Waals surface area (Å²) in [7, 11) is 0. The first-order valence-electron chi connectivity index (χ1n) is 8.84. The molecule has 2 heterocycles. The molecule has 5 heteroatoms. The molecule has 1 N–H and O–H groups in total. The third-order valence-electron chi connectivity index (χ3n) is 4.98. The molecule has 1 aliphatic carbocycles. The Morgan fingerprint density at radius 2 is 1.96 bits per heavy atom. The first kappa shape index (κ1) is 15.4. The third kappa shape index (κ3) is 3.22. The van der Waals surface area contributed by atoms with Gasteiger partial charge in [-0.05, 0) is 24.5 Å². The zero-order valence-corrected chi connectivity index (χ0v) is 13.8. The van der Waals surface area contributed by atoms with Crippen LogP contribution in [0.15, 0.2) is 36.4 Å².